The molecule has 1 aliphatic rings. The summed E-state index contributed by atoms with van der Waals surface area (Å²) in [6, 6.07) is 9.96. The van der Waals surface area contributed by atoms with E-state index in [0.717, 1.165) is 0 Å². The molecule has 120 valence electrons. The number of ether oxygens (including phenoxy) is 1. The van der Waals surface area contributed by atoms with Crippen LogP contribution in [0.4, 0.5) is 14.5 Å². The Balaban J connectivity index is 1.98. The summed E-state index contributed by atoms with van der Waals surface area (Å²) in [6.07, 6.45) is 0.143. The number of halogens is 2. The first-order valence-electron chi connectivity index (χ1n) is 7.47. The van der Waals surface area contributed by atoms with E-state index in [0.29, 0.717) is 23.4 Å². The molecule has 1 amide bonds. The van der Waals surface area contributed by atoms with Gasteiger partial charge < -0.3 is 9.64 Å². The van der Waals surface area contributed by atoms with E-state index in [1.165, 1.54) is 43.3 Å². The Kier molecular flexibility index (Phi) is 4.03. The lowest BCUT2D eigenvalue weighted by atomic mass is 9.93. The van der Waals surface area contributed by atoms with Crippen molar-refractivity contribution in [3.8, 4) is 5.75 Å². The van der Waals surface area contributed by atoms with Gasteiger partial charge in [0.25, 0.3) is 0 Å². The largest absolute Gasteiger partial charge is 0.486 e. The van der Waals surface area contributed by atoms with Crippen LogP contribution in [0.15, 0.2) is 42.5 Å². The van der Waals surface area contributed by atoms with E-state index in [2.05, 4.69) is 0 Å². The van der Waals surface area contributed by atoms with Crippen molar-refractivity contribution in [1.29, 1.82) is 0 Å². The zero-order valence-corrected chi connectivity index (χ0v) is 12.9. The monoisotopic (exact) mass is 317 g/mol. The van der Waals surface area contributed by atoms with E-state index in [9.17, 15) is 13.6 Å². The molecule has 2 aromatic carbocycles. The fourth-order valence-electron chi connectivity index (χ4n) is 3.05. The van der Waals surface area contributed by atoms with Gasteiger partial charge in [-0.3, -0.25) is 4.79 Å². The third kappa shape index (κ3) is 3.04. The highest BCUT2D eigenvalue weighted by Crippen LogP contribution is 2.40. The number of nitrogens with zero attached hydrogens (tertiary/aromatic N) is 1. The second-order valence-electron chi connectivity index (χ2n) is 5.74. The summed E-state index contributed by atoms with van der Waals surface area (Å²) in [6.45, 7) is 3.42. The van der Waals surface area contributed by atoms with Crippen molar-refractivity contribution < 1.29 is 18.3 Å². The number of fused-ring (bicyclic) bond motifs is 1. The van der Waals surface area contributed by atoms with E-state index in [1.54, 1.807) is 11.0 Å². The predicted octanol–water partition coefficient (Wildman–Crippen LogP) is 4.23. The highest BCUT2D eigenvalue weighted by molar-refractivity contribution is 5.93. The molecular formula is C18H17F2NO2. The molecule has 0 unspecified atom stereocenters. The van der Waals surface area contributed by atoms with Crippen molar-refractivity contribution in [3.05, 3.63) is 59.7 Å². The Morgan fingerprint density at radius 2 is 1.78 bits per heavy atom. The number of carbonyl (C=O) groups excluding carboxylic acids is 1. The number of rotatable bonds is 2. The Morgan fingerprint density at radius 3 is 2.43 bits per heavy atom. The van der Waals surface area contributed by atoms with Gasteiger partial charge in [-0.25, -0.2) is 8.78 Å². The van der Waals surface area contributed by atoms with E-state index in [-0.39, 0.29) is 23.6 Å². The number of anilines is 1. The minimum Gasteiger partial charge on any atom is -0.486 e. The van der Waals surface area contributed by atoms with Crippen molar-refractivity contribution in [1.82, 2.24) is 0 Å². The average molecular weight is 317 g/mol. The second kappa shape index (κ2) is 5.99. The first kappa shape index (κ1) is 15.5. The van der Waals surface area contributed by atoms with Crippen molar-refractivity contribution in [2.45, 2.75) is 32.4 Å². The molecule has 23 heavy (non-hydrogen) atoms. The zero-order chi connectivity index (χ0) is 16.6. The number of hydrogen-bond acceptors (Lipinski definition) is 2. The first-order chi connectivity index (χ1) is 11.0. The molecule has 1 heterocycles. The van der Waals surface area contributed by atoms with Crippen molar-refractivity contribution in [2.24, 2.45) is 0 Å². The molecule has 0 aromatic heterocycles. The predicted molar refractivity (Wildman–Crippen MR) is 83.4 cm³/mol. The lowest BCUT2D eigenvalue weighted by Gasteiger charge is -2.38. The summed E-state index contributed by atoms with van der Waals surface area (Å²) < 4.78 is 32.6. The maximum atomic E-state index is 13.7. The Bertz CT molecular complexity index is 730. The highest BCUT2D eigenvalue weighted by Gasteiger charge is 2.33. The standard InChI is InChI=1S/C18H17F2NO2/c1-11-9-18(23-15-6-3-13(19)4-7-15)16-10-14(20)5-8-17(16)21(11)12(2)22/h3-8,10-11,18H,9H2,1-2H3/t11-,18+/m1/s1. The number of carbonyl (C=O) groups is 1. The lowest BCUT2D eigenvalue weighted by Crippen LogP contribution is -2.42. The van der Waals surface area contributed by atoms with Crippen molar-refractivity contribution in [2.75, 3.05) is 4.90 Å². The van der Waals surface area contributed by atoms with Gasteiger partial charge in [0.1, 0.15) is 23.5 Å². The van der Waals surface area contributed by atoms with E-state index < -0.39 is 6.10 Å². The lowest BCUT2D eigenvalue weighted by molar-refractivity contribution is -0.117. The molecule has 0 spiro atoms. The van der Waals surface area contributed by atoms with Crippen LogP contribution in [-0.2, 0) is 4.79 Å². The number of benzene rings is 2. The summed E-state index contributed by atoms with van der Waals surface area (Å²) in [4.78, 5) is 13.6. The molecule has 0 bridgehead atoms. The van der Waals surface area contributed by atoms with Gasteiger partial charge in [0.2, 0.25) is 5.91 Å². The molecule has 0 radical (unpaired) electrons. The van der Waals surface area contributed by atoms with Crippen LogP contribution in [0.3, 0.4) is 0 Å². The normalized spacial score (nSPS) is 20.1. The zero-order valence-electron chi connectivity index (χ0n) is 12.9. The fraction of sp³-hybridized carbons (Fsp3) is 0.278. The molecule has 3 rings (SSSR count). The van der Waals surface area contributed by atoms with E-state index in [4.69, 9.17) is 4.74 Å². The average Bonchev–Trinajstić information content (AvgIpc) is 2.49. The van der Waals surface area contributed by atoms with Crippen LogP contribution in [-0.4, -0.2) is 11.9 Å². The summed E-state index contributed by atoms with van der Waals surface area (Å²) >= 11 is 0. The van der Waals surface area contributed by atoms with Gasteiger partial charge in [-0.2, -0.15) is 0 Å². The van der Waals surface area contributed by atoms with Gasteiger partial charge in [0.15, 0.2) is 0 Å². The summed E-state index contributed by atoms with van der Waals surface area (Å²) in [5, 5.41) is 0. The fourth-order valence-corrected chi connectivity index (χ4v) is 3.05. The third-order valence-electron chi connectivity index (χ3n) is 4.02. The molecule has 3 nitrogen and oxygen atoms in total. The molecule has 0 fully saturated rings. The van der Waals surface area contributed by atoms with Crippen molar-refractivity contribution >= 4 is 11.6 Å². The molecule has 0 saturated carbocycles. The molecule has 0 N–H and O–H groups in total. The number of hydrogen-bond donors (Lipinski definition) is 0. The molecule has 1 aliphatic heterocycles. The topological polar surface area (TPSA) is 29.5 Å². The van der Waals surface area contributed by atoms with Gasteiger partial charge >= 0.3 is 0 Å². The second-order valence-corrected chi connectivity index (χ2v) is 5.74. The van der Waals surface area contributed by atoms with Crippen LogP contribution in [0.5, 0.6) is 5.75 Å². The van der Waals surface area contributed by atoms with Gasteiger partial charge in [-0.05, 0) is 49.4 Å². The minimum atomic E-state index is -0.392. The van der Waals surface area contributed by atoms with E-state index >= 15 is 0 Å². The summed E-state index contributed by atoms with van der Waals surface area (Å²) in [5.41, 5.74) is 1.28. The quantitative estimate of drug-likeness (QED) is 0.829. The van der Waals surface area contributed by atoms with Gasteiger partial charge in [0, 0.05) is 24.9 Å². The third-order valence-corrected chi connectivity index (χ3v) is 4.02. The summed E-state index contributed by atoms with van der Waals surface area (Å²) in [7, 11) is 0. The smallest absolute Gasteiger partial charge is 0.224 e. The van der Waals surface area contributed by atoms with Crippen LogP contribution >= 0.6 is 0 Å². The summed E-state index contributed by atoms with van der Waals surface area (Å²) in [5.74, 6) is -0.307. The molecular weight excluding hydrogens is 300 g/mol. The highest BCUT2D eigenvalue weighted by atomic mass is 19.1. The Labute approximate surface area is 133 Å². The van der Waals surface area contributed by atoms with Gasteiger partial charge in [-0.1, -0.05) is 0 Å². The molecule has 5 heteroatoms. The minimum absolute atomic E-state index is 0.0732. The molecule has 2 aromatic rings. The maximum Gasteiger partial charge on any atom is 0.224 e. The van der Waals surface area contributed by atoms with E-state index in [1.807, 2.05) is 6.92 Å². The van der Waals surface area contributed by atoms with Crippen LogP contribution in [0, 0.1) is 11.6 Å². The molecule has 0 saturated heterocycles. The first-order valence-corrected chi connectivity index (χ1v) is 7.47. The maximum absolute atomic E-state index is 13.7. The van der Waals surface area contributed by atoms with Gasteiger partial charge in [-0.15, -0.1) is 0 Å². The van der Waals surface area contributed by atoms with Crippen LogP contribution in [0.2, 0.25) is 0 Å². The Morgan fingerprint density at radius 1 is 1.13 bits per heavy atom. The molecule has 2 atom stereocenters. The van der Waals surface area contributed by atoms with Crippen LogP contribution in [0.25, 0.3) is 0 Å². The Hall–Kier alpha value is -2.43. The van der Waals surface area contributed by atoms with Crippen LogP contribution < -0.4 is 9.64 Å². The SMILES string of the molecule is CC(=O)N1c2ccc(F)cc2[C@@H](Oc2ccc(F)cc2)C[C@H]1C. The number of amides is 1. The van der Waals surface area contributed by atoms with Crippen LogP contribution in [0.1, 0.15) is 31.9 Å². The van der Waals surface area contributed by atoms with Crippen molar-refractivity contribution in [3.63, 3.8) is 0 Å². The molecule has 0 aliphatic carbocycles. The van der Waals surface area contributed by atoms with Gasteiger partial charge in [0.05, 0.1) is 5.69 Å².